The summed E-state index contributed by atoms with van der Waals surface area (Å²) in [5.41, 5.74) is 0.993. The SMILES string of the molecule is COCCOCCCNC(=O)[C@@H]1CCCN1S(=O)(=O)c1ccc(C)cc1. The average molecular weight is 384 g/mol. The lowest BCUT2D eigenvalue weighted by atomic mass is 10.2. The predicted octanol–water partition coefficient (Wildman–Crippen LogP) is 1.32. The second-order valence-corrected chi connectivity index (χ2v) is 8.23. The topological polar surface area (TPSA) is 84.9 Å². The number of nitrogens with one attached hydrogen (secondary N) is 1. The van der Waals surface area contributed by atoms with Crippen LogP contribution in [-0.4, -0.2) is 64.7 Å². The van der Waals surface area contributed by atoms with Crippen LogP contribution in [0.25, 0.3) is 0 Å². The number of aryl methyl sites for hydroxylation is 1. The number of carbonyl (C=O) groups excluding carboxylic acids is 1. The molecule has 1 saturated heterocycles. The number of ether oxygens (including phenoxy) is 2. The molecule has 0 radical (unpaired) electrons. The Hall–Kier alpha value is -1.48. The highest BCUT2D eigenvalue weighted by Crippen LogP contribution is 2.26. The molecule has 1 aromatic carbocycles. The van der Waals surface area contributed by atoms with Crippen molar-refractivity contribution in [1.82, 2.24) is 9.62 Å². The lowest BCUT2D eigenvalue weighted by Gasteiger charge is -2.23. The first-order valence-corrected chi connectivity index (χ1v) is 10.3. The number of methoxy groups -OCH3 is 1. The van der Waals surface area contributed by atoms with Gasteiger partial charge in [-0.05, 0) is 38.3 Å². The van der Waals surface area contributed by atoms with Crippen molar-refractivity contribution < 1.29 is 22.7 Å². The fourth-order valence-corrected chi connectivity index (χ4v) is 4.54. The maximum absolute atomic E-state index is 12.9. The number of nitrogens with zero attached hydrogens (tertiary/aromatic N) is 1. The molecule has 1 aliphatic rings. The zero-order valence-corrected chi connectivity index (χ0v) is 16.3. The standard InChI is InChI=1S/C18H28N2O5S/c1-15-6-8-16(9-7-15)26(22,23)20-11-3-5-17(20)18(21)19-10-4-12-25-14-13-24-2/h6-9,17H,3-5,10-14H2,1-2H3,(H,19,21)/t17-/m0/s1. The van der Waals surface area contributed by atoms with Crippen molar-refractivity contribution in [2.45, 2.75) is 37.1 Å². The Balaban J connectivity index is 1.88. The van der Waals surface area contributed by atoms with Gasteiger partial charge in [-0.1, -0.05) is 17.7 Å². The monoisotopic (exact) mass is 384 g/mol. The van der Waals surface area contributed by atoms with Crippen molar-refractivity contribution in [3.8, 4) is 0 Å². The molecule has 1 atom stereocenters. The molecule has 1 aliphatic heterocycles. The minimum atomic E-state index is -3.66. The van der Waals surface area contributed by atoms with E-state index in [-0.39, 0.29) is 10.8 Å². The van der Waals surface area contributed by atoms with Gasteiger partial charge in [0.25, 0.3) is 0 Å². The number of hydrogen-bond acceptors (Lipinski definition) is 5. The van der Waals surface area contributed by atoms with E-state index in [0.717, 1.165) is 5.56 Å². The molecular formula is C18H28N2O5S. The van der Waals surface area contributed by atoms with Gasteiger partial charge in [-0.15, -0.1) is 0 Å². The molecule has 1 aromatic rings. The zero-order valence-electron chi connectivity index (χ0n) is 15.4. The van der Waals surface area contributed by atoms with Crippen LogP contribution in [0.5, 0.6) is 0 Å². The van der Waals surface area contributed by atoms with Crippen molar-refractivity contribution >= 4 is 15.9 Å². The number of sulfonamides is 1. The molecule has 1 fully saturated rings. The maximum Gasteiger partial charge on any atom is 0.243 e. The first-order chi connectivity index (χ1) is 12.5. The fourth-order valence-electron chi connectivity index (χ4n) is 2.88. The summed E-state index contributed by atoms with van der Waals surface area (Å²) in [4.78, 5) is 12.7. The third kappa shape index (κ3) is 5.51. The molecule has 2 rings (SSSR count). The molecule has 0 saturated carbocycles. The van der Waals surface area contributed by atoms with Gasteiger partial charge in [-0.3, -0.25) is 4.79 Å². The molecular weight excluding hydrogens is 356 g/mol. The van der Waals surface area contributed by atoms with E-state index in [9.17, 15) is 13.2 Å². The number of amides is 1. The Morgan fingerprint density at radius 3 is 2.65 bits per heavy atom. The van der Waals surface area contributed by atoms with Gasteiger partial charge in [0.15, 0.2) is 0 Å². The van der Waals surface area contributed by atoms with Crippen molar-refractivity contribution in [2.75, 3.05) is 40.0 Å². The van der Waals surface area contributed by atoms with E-state index >= 15 is 0 Å². The Bertz CT molecular complexity index is 675. The molecule has 0 aliphatic carbocycles. The van der Waals surface area contributed by atoms with Gasteiger partial charge in [0.2, 0.25) is 15.9 Å². The third-order valence-electron chi connectivity index (χ3n) is 4.33. The van der Waals surface area contributed by atoms with Crippen LogP contribution in [0.4, 0.5) is 0 Å². The highest BCUT2D eigenvalue weighted by Gasteiger charge is 2.39. The van der Waals surface area contributed by atoms with Crippen LogP contribution in [0.1, 0.15) is 24.8 Å². The first kappa shape index (κ1) is 20.8. The molecule has 7 nitrogen and oxygen atoms in total. The van der Waals surface area contributed by atoms with Gasteiger partial charge in [-0.2, -0.15) is 4.31 Å². The van der Waals surface area contributed by atoms with E-state index in [1.54, 1.807) is 31.4 Å². The molecule has 1 N–H and O–H groups in total. The van der Waals surface area contributed by atoms with Crippen LogP contribution < -0.4 is 5.32 Å². The summed E-state index contributed by atoms with van der Waals surface area (Å²) in [6.07, 6.45) is 1.90. The van der Waals surface area contributed by atoms with Crippen molar-refractivity contribution in [3.05, 3.63) is 29.8 Å². The van der Waals surface area contributed by atoms with Crippen LogP contribution in [0.2, 0.25) is 0 Å². The lowest BCUT2D eigenvalue weighted by molar-refractivity contribution is -0.124. The van der Waals surface area contributed by atoms with Gasteiger partial charge in [0.05, 0.1) is 18.1 Å². The lowest BCUT2D eigenvalue weighted by Crippen LogP contribution is -2.46. The second-order valence-electron chi connectivity index (χ2n) is 6.34. The van der Waals surface area contributed by atoms with Crippen LogP contribution >= 0.6 is 0 Å². The van der Waals surface area contributed by atoms with Gasteiger partial charge >= 0.3 is 0 Å². The summed E-state index contributed by atoms with van der Waals surface area (Å²) in [6, 6.07) is 6.07. The van der Waals surface area contributed by atoms with E-state index in [1.807, 2.05) is 6.92 Å². The summed E-state index contributed by atoms with van der Waals surface area (Å²) in [5.74, 6) is -0.241. The average Bonchev–Trinajstić information content (AvgIpc) is 3.12. The molecule has 26 heavy (non-hydrogen) atoms. The predicted molar refractivity (Wildman–Crippen MR) is 98.4 cm³/mol. The maximum atomic E-state index is 12.9. The smallest absolute Gasteiger partial charge is 0.243 e. The van der Waals surface area contributed by atoms with Gasteiger partial charge < -0.3 is 14.8 Å². The molecule has 146 valence electrons. The van der Waals surface area contributed by atoms with Crippen molar-refractivity contribution in [1.29, 1.82) is 0 Å². The molecule has 8 heteroatoms. The van der Waals surface area contributed by atoms with E-state index in [0.29, 0.717) is 52.2 Å². The summed E-state index contributed by atoms with van der Waals surface area (Å²) in [7, 11) is -2.05. The minimum Gasteiger partial charge on any atom is -0.382 e. The van der Waals surface area contributed by atoms with E-state index in [4.69, 9.17) is 9.47 Å². The molecule has 0 aromatic heterocycles. The third-order valence-corrected chi connectivity index (χ3v) is 6.25. The molecule has 0 unspecified atom stereocenters. The number of rotatable bonds is 10. The summed E-state index contributed by atoms with van der Waals surface area (Å²) >= 11 is 0. The van der Waals surface area contributed by atoms with Crippen LogP contribution in [0.3, 0.4) is 0 Å². The van der Waals surface area contributed by atoms with Gasteiger partial charge in [-0.25, -0.2) is 8.42 Å². The van der Waals surface area contributed by atoms with Gasteiger partial charge in [0, 0.05) is 26.8 Å². The molecule has 1 amide bonds. The Labute approximate surface area is 155 Å². The Morgan fingerprint density at radius 2 is 1.96 bits per heavy atom. The number of hydrogen-bond donors (Lipinski definition) is 1. The van der Waals surface area contributed by atoms with Crippen LogP contribution in [-0.2, 0) is 24.3 Å². The number of benzene rings is 1. The van der Waals surface area contributed by atoms with Crippen molar-refractivity contribution in [3.63, 3.8) is 0 Å². The van der Waals surface area contributed by atoms with E-state index in [2.05, 4.69) is 5.32 Å². The zero-order chi connectivity index (χ0) is 19.0. The quantitative estimate of drug-likeness (QED) is 0.615. The minimum absolute atomic E-state index is 0.231. The van der Waals surface area contributed by atoms with E-state index < -0.39 is 16.1 Å². The Kier molecular flexibility index (Phi) is 8.02. The van der Waals surface area contributed by atoms with Crippen molar-refractivity contribution in [2.24, 2.45) is 0 Å². The second kappa shape index (κ2) is 10.0. The summed E-state index contributed by atoms with van der Waals surface area (Å²) < 4.78 is 37.2. The highest BCUT2D eigenvalue weighted by atomic mass is 32.2. The number of carbonyl (C=O) groups is 1. The summed E-state index contributed by atoms with van der Waals surface area (Å²) in [6.45, 7) is 4.33. The van der Waals surface area contributed by atoms with Crippen LogP contribution in [0, 0.1) is 6.92 Å². The normalized spacial score (nSPS) is 18.2. The fraction of sp³-hybridized carbons (Fsp3) is 0.611. The molecule has 1 heterocycles. The first-order valence-electron chi connectivity index (χ1n) is 8.89. The van der Waals surface area contributed by atoms with E-state index in [1.165, 1.54) is 4.31 Å². The Morgan fingerprint density at radius 1 is 1.23 bits per heavy atom. The highest BCUT2D eigenvalue weighted by molar-refractivity contribution is 7.89. The molecule has 0 spiro atoms. The van der Waals surface area contributed by atoms with Gasteiger partial charge in [0.1, 0.15) is 6.04 Å². The molecule has 0 bridgehead atoms. The largest absolute Gasteiger partial charge is 0.382 e. The summed E-state index contributed by atoms with van der Waals surface area (Å²) in [5, 5.41) is 2.82. The van der Waals surface area contributed by atoms with Crippen LogP contribution in [0.15, 0.2) is 29.2 Å².